The van der Waals surface area contributed by atoms with E-state index in [0.29, 0.717) is 13.0 Å². The molecule has 2 rings (SSSR count). The van der Waals surface area contributed by atoms with E-state index in [-0.39, 0.29) is 34.9 Å². The van der Waals surface area contributed by atoms with Crippen LogP contribution in [0.3, 0.4) is 0 Å². The van der Waals surface area contributed by atoms with Crippen molar-refractivity contribution in [3.63, 3.8) is 0 Å². The summed E-state index contributed by atoms with van der Waals surface area (Å²) in [5.74, 6) is -1.37. The first-order valence-corrected chi connectivity index (χ1v) is 10.9. The minimum absolute atomic E-state index is 0.0300. The fourth-order valence-corrected chi connectivity index (χ4v) is 2.96. The van der Waals surface area contributed by atoms with Gasteiger partial charge in [-0.1, -0.05) is 48.0 Å². The summed E-state index contributed by atoms with van der Waals surface area (Å²) in [6.07, 6.45) is 4.67. The maximum Gasteiger partial charge on any atom is 0.521 e. The molecule has 1 aliphatic heterocycles. The third kappa shape index (κ3) is 13.0. The molecule has 0 bridgehead atoms. The maximum atomic E-state index is 11.5. The predicted molar refractivity (Wildman–Crippen MR) is 117 cm³/mol. The third-order valence-corrected chi connectivity index (χ3v) is 4.38. The van der Waals surface area contributed by atoms with Gasteiger partial charge >= 0.3 is 23.7 Å². The quantitative estimate of drug-likeness (QED) is 0.601. The average Bonchev–Trinajstić information content (AvgIpc) is 2.90. The molecular formula is C23H39NO7. The van der Waals surface area contributed by atoms with Crippen molar-refractivity contribution >= 4 is 11.9 Å². The number of esters is 2. The van der Waals surface area contributed by atoms with Crippen LogP contribution in [-0.4, -0.2) is 43.1 Å². The van der Waals surface area contributed by atoms with E-state index in [4.69, 9.17) is 9.47 Å². The molecule has 0 unspecified atom stereocenters. The van der Waals surface area contributed by atoms with Crippen molar-refractivity contribution in [3.05, 3.63) is 16.4 Å². The number of nitrogens with zero attached hydrogens (tertiary/aromatic N) is 1. The Labute approximate surface area is 185 Å². The minimum Gasteiger partial charge on any atom is -0.464 e. The van der Waals surface area contributed by atoms with Crippen molar-refractivity contribution in [2.24, 2.45) is 10.8 Å². The smallest absolute Gasteiger partial charge is 0.464 e. The Morgan fingerprint density at radius 1 is 0.903 bits per heavy atom. The number of hydrogen-bond acceptors (Lipinski definition) is 8. The number of piperidine rings is 1. The summed E-state index contributed by atoms with van der Waals surface area (Å²) in [6, 6.07) is 0. The van der Waals surface area contributed by atoms with Gasteiger partial charge in [-0.3, -0.25) is 14.5 Å². The molecule has 0 amide bonds. The number of rotatable bonds is 6. The first-order valence-electron chi connectivity index (χ1n) is 10.9. The Bertz CT molecular complexity index is 743. The molecule has 1 aliphatic rings. The molecule has 1 fully saturated rings. The van der Waals surface area contributed by atoms with Gasteiger partial charge in [0.25, 0.3) is 0 Å². The van der Waals surface area contributed by atoms with Gasteiger partial charge in [0.2, 0.25) is 0 Å². The summed E-state index contributed by atoms with van der Waals surface area (Å²) in [7, 11) is 0. The van der Waals surface area contributed by atoms with Gasteiger partial charge < -0.3 is 18.3 Å². The first kappa shape index (κ1) is 26.9. The van der Waals surface area contributed by atoms with Gasteiger partial charge in [0.15, 0.2) is 5.76 Å². The first-order chi connectivity index (χ1) is 14.2. The van der Waals surface area contributed by atoms with Crippen LogP contribution < -0.4 is 10.6 Å². The molecule has 2 heterocycles. The average molecular weight is 442 g/mol. The summed E-state index contributed by atoms with van der Waals surface area (Å²) in [5, 5.41) is 0. The van der Waals surface area contributed by atoms with Gasteiger partial charge in [0.05, 0.1) is 12.8 Å². The van der Waals surface area contributed by atoms with E-state index in [9.17, 15) is 14.4 Å². The van der Waals surface area contributed by atoms with E-state index in [2.05, 4.69) is 34.5 Å². The Morgan fingerprint density at radius 2 is 1.45 bits per heavy atom. The van der Waals surface area contributed by atoms with Gasteiger partial charge in [-0.15, -0.1) is 0 Å². The molecule has 0 N–H and O–H groups in total. The van der Waals surface area contributed by atoms with Gasteiger partial charge in [-0.25, -0.2) is 4.79 Å². The monoisotopic (exact) mass is 441 g/mol. The fraction of sp³-hybridized carbons (Fsp3) is 0.783. The van der Waals surface area contributed by atoms with Crippen molar-refractivity contribution < 1.29 is 27.9 Å². The van der Waals surface area contributed by atoms with Gasteiger partial charge in [-0.2, -0.15) is 0 Å². The zero-order valence-corrected chi connectivity index (χ0v) is 20.2. The molecule has 0 atom stereocenters. The van der Waals surface area contributed by atoms with E-state index < -0.39 is 11.8 Å². The van der Waals surface area contributed by atoms with Crippen molar-refractivity contribution in [1.82, 2.24) is 4.90 Å². The van der Waals surface area contributed by atoms with Crippen LogP contribution in [0.1, 0.15) is 79.4 Å². The van der Waals surface area contributed by atoms with Crippen molar-refractivity contribution in [2.75, 3.05) is 26.2 Å². The molecular weight excluding hydrogens is 402 g/mol. The van der Waals surface area contributed by atoms with Crippen LogP contribution in [0.5, 0.6) is 5.95 Å². The van der Waals surface area contributed by atoms with Crippen molar-refractivity contribution in [1.29, 1.82) is 0 Å². The molecule has 8 nitrogen and oxygen atoms in total. The molecule has 8 heteroatoms. The van der Waals surface area contributed by atoms with Crippen LogP contribution in [0.25, 0.3) is 0 Å². The van der Waals surface area contributed by atoms with E-state index >= 15 is 0 Å². The van der Waals surface area contributed by atoms with Crippen LogP contribution in [0, 0.1) is 17.8 Å². The van der Waals surface area contributed by atoms with Gasteiger partial charge in [0, 0.05) is 13.5 Å². The Balaban J connectivity index is 0.000000311. The Kier molecular flexibility index (Phi) is 10.5. The van der Waals surface area contributed by atoms with E-state index in [0.717, 1.165) is 19.6 Å². The SMILES string of the molecule is CC(C)(C)CC(=O)OCCN1CCCCC1.Cc1oc(=O)oc1OC(=O)CC(C)(C)C. The van der Waals surface area contributed by atoms with E-state index in [1.165, 1.54) is 26.2 Å². The molecule has 31 heavy (non-hydrogen) atoms. The molecule has 1 saturated heterocycles. The molecule has 178 valence electrons. The van der Waals surface area contributed by atoms with Crippen molar-refractivity contribution in [2.45, 2.75) is 80.6 Å². The summed E-state index contributed by atoms with van der Waals surface area (Å²) in [6.45, 7) is 17.2. The molecule has 0 aliphatic carbocycles. The number of hydrogen-bond donors (Lipinski definition) is 0. The molecule has 0 radical (unpaired) electrons. The molecule has 0 saturated carbocycles. The molecule has 0 spiro atoms. The number of likely N-dealkylation sites (tertiary alicyclic amines) is 1. The largest absolute Gasteiger partial charge is 0.521 e. The van der Waals surface area contributed by atoms with Crippen molar-refractivity contribution in [3.8, 4) is 5.95 Å². The minimum atomic E-state index is -0.869. The second-order valence-electron chi connectivity index (χ2n) is 10.4. The lowest BCUT2D eigenvalue weighted by Gasteiger charge is -2.26. The van der Waals surface area contributed by atoms with Crippen LogP contribution >= 0.6 is 0 Å². The van der Waals surface area contributed by atoms with Crippen LogP contribution in [0.4, 0.5) is 0 Å². The van der Waals surface area contributed by atoms with E-state index in [1.807, 2.05) is 20.8 Å². The second-order valence-corrected chi connectivity index (χ2v) is 10.4. The van der Waals surface area contributed by atoms with E-state index in [1.54, 1.807) is 0 Å². The highest BCUT2D eigenvalue weighted by molar-refractivity contribution is 5.72. The zero-order valence-electron chi connectivity index (χ0n) is 20.2. The Hall–Kier alpha value is -2.09. The highest BCUT2D eigenvalue weighted by Gasteiger charge is 2.21. The number of ether oxygens (including phenoxy) is 2. The lowest BCUT2D eigenvalue weighted by Crippen LogP contribution is -2.33. The summed E-state index contributed by atoms with van der Waals surface area (Å²) in [5.41, 5.74) is -0.142. The topological polar surface area (TPSA) is 99.2 Å². The second kappa shape index (κ2) is 12.1. The standard InChI is InChI=1S/C13H25NO2.C10H14O5/c1-13(2,3)11-12(15)16-10-9-14-7-5-4-6-8-14;1-6-8(15-9(12)13-6)14-7(11)5-10(2,3)4/h4-11H2,1-3H3;5H2,1-4H3. The van der Waals surface area contributed by atoms with Crippen LogP contribution in [0.15, 0.2) is 13.6 Å². The van der Waals surface area contributed by atoms with Crippen LogP contribution in [0.2, 0.25) is 0 Å². The molecule has 1 aromatic heterocycles. The zero-order chi connectivity index (χ0) is 23.7. The highest BCUT2D eigenvalue weighted by Crippen LogP contribution is 2.22. The Morgan fingerprint density at radius 3 is 1.94 bits per heavy atom. The third-order valence-electron chi connectivity index (χ3n) is 4.38. The maximum absolute atomic E-state index is 11.5. The molecule has 0 aromatic carbocycles. The lowest BCUT2D eigenvalue weighted by atomic mass is 9.92. The summed E-state index contributed by atoms with van der Waals surface area (Å²) in [4.78, 5) is 35.9. The van der Waals surface area contributed by atoms with Gasteiger partial charge in [-0.05, 0) is 36.8 Å². The predicted octanol–water partition coefficient (Wildman–Crippen LogP) is 4.33. The number of aryl methyl sites for hydroxylation is 1. The highest BCUT2D eigenvalue weighted by atomic mass is 16.7. The number of carbonyl (C=O) groups is 2. The lowest BCUT2D eigenvalue weighted by molar-refractivity contribution is -0.146. The van der Waals surface area contributed by atoms with Gasteiger partial charge in [0.1, 0.15) is 6.61 Å². The number of carbonyl (C=O) groups excluding carboxylic acids is 2. The molecule has 1 aromatic rings. The fourth-order valence-electron chi connectivity index (χ4n) is 2.96. The summed E-state index contributed by atoms with van der Waals surface area (Å²) < 4.78 is 19.2. The van der Waals surface area contributed by atoms with Crippen LogP contribution in [-0.2, 0) is 14.3 Å². The summed E-state index contributed by atoms with van der Waals surface area (Å²) >= 11 is 0. The normalized spacial score (nSPS) is 15.1.